The van der Waals surface area contributed by atoms with Gasteiger partial charge in [0.15, 0.2) is 21.3 Å². The van der Waals surface area contributed by atoms with Gasteiger partial charge in [0, 0.05) is 19.4 Å². The first kappa shape index (κ1) is 19.8. The minimum Gasteiger partial charge on any atom is -0.310 e. The maximum absolute atomic E-state index is 13.1. The van der Waals surface area contributed by atoms with E-state index in [-0.39, 0.29) is 17.9 Å². The molecular weight excluding hydrogens is 395 g/mol. The SMILES string of the molecule is CCS(=O)(=O)c1cc(C(F)(F)F)cnc1-c1nc2cc(CC#N)cnc2n1C. The van der Waals surface area contributed by atoms with E-state index in [4.69, 9.17) is 5.26 Å². The lowest BCUT2D eigenvalue weighted by molar-refractivity contribution is -0.138. The summed E-state index contributed by atoms with van der Waals surface area (Å²) in [6.07, 6.45) is -2.55. The van der Waals surface area contributed by atoms with Crippen LogP contribution in [0, 0.1) is 11.3 Å². The van der Waals surface area contributed by atoms with Gasteiger partial charge in [0.25, 0.3) is 0 Å². The fourth-order valence-corrected chi connectivity index (χ4v) is 3.73. The molecule has 0 aliphatic carbocycles. The van der Waals surface area contributed by atoms with E-state index in [2.05, 4.69) is 15.0 Å². The molecule has 0 radical (unpaired) electrons. The van der Waals surface area contributed by atoms with Gasteiger partial charge >= 0.3 is 6.18 Å². The van der Waals surface area contributed by atoms with Crippen LogP contribution in [-0.4, -0.2) is 33.7 Å². The van der Waals surface area contributed by atoms with Crippen LogP contribution in [0.25, 0.3) is 22.7 Å². The Labute approximate surface area is 158 Å². The number of nitrogens with zero attached hydrogens (tertiary/aromatic N) is 5. The Morgan fingerprint density at radius 3 is 2.54 bits per heavy atom. The summed E-state index contributed by atoms with van der Waals surface area (Å²) in [4.78, 5) is 11.8. The molecule has 0 aromatic carbocycles. The average molecular weight is 409 g/mol. The lowest BCUT2D eigenvalue weighted by Gasteiger charge is -2.12. The van der Waals surface area contributed by atoms with E-state index in [0.29, 0.717) is 29.0 Å². The molecule has 146 valence electrons. The van der Waals surface area contributed by atoms with Gasteiger partial charge in [0.2, 0.25) is 0 Å². The first-order chi connectivity index (χ1) is 13.1. The largest absolute Gasteiger partial charge is 0.417 e. The number of aryl methyl sites for hydroxylation is 1. The third-order valence-electron chi connectivity index (χ3n) is 4.16. The number of fused-ring (bicyclic) bond motifs is 1. The predicted octanol–water partition coefficient (Wildman–Crippen LogP) is 2.91. The van der Waals surface area contributed by atoms with Gasteiger partial charge in [-0.1, -0.05) is 6.92 Å². The van der Waals surface area contributed by atoms with Crippen LogP contribution in [0.5, 0.6) is 0 Å². The summed E-state index contributed by atoms with van der Waals surface area (Å²) in [5, 5.41) is 8.80. The highest BCUT2D eigenvalue weighted by Crippen LogP contribution is 2.34. The van der Waals surface area contributed by atoms with Gasteiger partial charge in [-0.3, -0.25) is 4.98 Å². The lowest BCUT2D eigenvalue weighted by Crippen LogP contribution is -2.13. The Balaban J connectivity index is 2.29. The van der Waals surface area contributed by atoms with Crippen molar-refractivity contribution in [1.29, 1.82) is 5.26 Å². The number of hydrogen-bond acceptors (Lipinski definition) is 6. The number of alkyl halides is 3. The zero-order valence-electron chi connectivity index (χ0n) is 14.8. The number of rotatable bonds is 4. The fraction of sp³-hybridized carbons (Fsp3) is 0.294. The molecule has 0 aliphatic rings. The lowest BCUT2D eigenvalue weighted by atomic mass is 10.2. The Morgan fingerprint density at radius 2 is 1.93 bits per heavy atom. The molecular formula is C17H14F3N5O2S. The van der Waals surface area contributed by atoms with E-state index in [9.17, 15) is 21.6 Å². The van der Waals surface area contributed by atoms with Crippen LogP contribution in [0.15, 0.2) is 29.4 Å². The summed E-state index contributed by atoms with van der Waals surface area (Å²) in [7, 11) is -2.45. The normalized spacial score (nSPS) is 12.3. The maximum atomic E-state index is 13.1. The van der Waals surface area contributed by atoms with Crippen molar-refractivity contribution in [1.82, 2.24) is 19.5 Å². The minimum atomic E-state index is -4.73. The van der Waals surface area contributed by atoms with Crippen molar-refractivity contribution < 1.29 is 21.6 Å². The van der Waals surface area contributed by atoms with E-state index in [1.807, 2.05) is 6.07 Å². The monoisotopic (exact) mass is 409 g/mol. The molecule has 3 aromatic rings. The van der Waals surface area contributed by atoms with Crippen LogP contribution in [0.4, 0.5) is 13.2 Å². The summed E-state index contributed by atoms with van der Waals surface area (Å²) < 4.78 is 65.5. The molecule has 3 aromatic heterocycles. The van der Waals surface area contributed by atoms with E-state index in [1.54, 1.807) is 13.1 Å². The third-order valence-corrected chi connectivity index (χ3v) is 5.90. The zero-order valence-corrected chi connectivity index (χ0v) is 15.6. The van der Waals surface area contributed by atoms with E-state index >= 15 is 0 Å². The van der Waals surface area contributed by atoms with E-state index < -0.39 is 32.2 Å². The van der Waals surface area contributed by atoms with Gasteiger partial charge in [0.05, 0.1) is 28.7 Å². The molecule has 28 heavy (non-hydrogen) atoms. The van der Waals surface area contributed by atoms with Crippen LogP contribution in [0.2, 0.25) is 0 Å². The molecule has 0 spiro atoms. The molecule has 3 heterocycles. The highest BCUT2D eigenvalue weighted by atomic mass is 32.2. The molecule has 0 fully saturated rings. The van der Waals surface area contributed by atoms with Gasteiger partial charge < -0.3 is 4.57 Å². The molecule has 0 bridgehead atoms. The molecule has 0 amide bonds. The molecule has 0 aliphatic heterocycles. The number of pyridine rings is 2. The van der Waals surface area contributed by atoms with E-state index in [1.165, 1.54) is 17.7 Å². The Hall–Kier alpha value is -3.00. The van der Waals surface area contributed by atoms with E-state index in [0.717, 1.165) is 0 Å². The molecule has 11 heteroatoms. The minimum absolute atomic E-state index is 0.0670. The van der Waals surface area contributed by atoms with Crippen molar-refractivity contribution in [3.05, 3.63) is 35.7 Å². The van der Waals surface area contributed by atoms with Crippen molar-refractivity contribution >= 4 is 21.0 Å². The summed E-state index contributed by atoms with van der Waals surface area (Å²) in [5.74, 6) is -0.324. The second-order valence-corrected chi connectivity index (χ2v) is 8.23. The number of sulfone groups is 1. The summed E-state index contributed by atoms with van der Waals surface area (Å²) in [6.45, 7) is 1.34. The molecule has 0 N–H and O–H groups in total. The van der Waals surface area contributed by atoms with Gasteiger partial charge in [-0.05, 0) is 17.7 Å². The summed E-state index contributed by atoms with van der Waals surface area (Å²) in [6, 6.07) is 4.18. The zero-order chi connectivity index (χ0) is 20.7. The number of imidazole rings is 1. The van der Waals surface area contributed by atoms with Crippen molar-refractivity contribution in [2.24, 2.45) is 7.05 Å². The van der Waals surface area contributed by atoms with Crippen molar-refractivity contribution in [3.63, 3.8) is 0 Å². The van der Waals surface area contributed by atoms with Crippen LogP contribution in [-0.2, 0) is 29.5 Å². The third kappa shape index (κ3) is 3.43. The second kappa shape index (κ2) is 6.87. The van der Waals surface area contributed by atoms with Gasteiger partial charge in [-0.15, -0.1) is 0 Å². The maximum Gasteiger partial charge on any atom is 0.417 e. The standard InChI is InChI=1S/C17H14F3N5O2S/c1-3-28(26,27)13-7-11(17(18,19)20)9-22-14(13)16-24-12-6-10(4-5-21)8-23-15(12)25(16)2/h6-9H,3-4H2,1-2H3. The number of nitriles is 1. The quantitative estimate of drug-likeness (QED) is 0.657. The Kier molecular flexibility index (Phi) is 4.84. The molecule has 0 saturated heterocycles. The average Bonchev–Trinajstić information content (AvgIpc) is 2.97. The second-order valence-electron chi connectivity index (χ2n) is 5.99. The highest BCUT2D eigenvalue weighted by molar-refractivity contribution is 7.91. The Bertz CT molecular complexity index is 1210. The van der Waals surface area contributed by atoms with Crippen LogP contribution < -0.4 is 0 Å². The predicted molar refractivity (Wildman–Crippen MR) is 93.8 cm³/mol. The van der Waals surface area contributed by atoms with Crippen molar-refractivity contribution in [2.45, 2.75) is 24.4 Å². The highest BCUT2D eigenvalue weighted by Gasteiger charge is 2.34. The fourth-order valence-electron chi connectivity index (χ4n) is 2.68. The van der Waals surface area contributed by atoms with Gasteiger partial charge in [-0.25, -0.2) is 18.4 Å². The molecule has 0 unspecified atom stereocenters. The van der Waals surface area contributed by atoms with Crippen molar-refractivity contribution in [3.8, 4) is 17.6 Å². The summed E-state index contributed by atoms with van der Waals surface area (Å²) >= 11 is 0. The molecule has 0 atom stereocenters. The number of aromatic nitrogens is 4. The first-order valence-electron chi connectivity index (χ1n) is 8.07. The van der Waals surface area contributed by atoms with Crippen LogP contribution in [0.1, 0.15) is 18.1 Å². The first-order valence-corrected chi connectivity index (χ1v) is 9.72. The molecule has 3 rings (SSSR count). The molecule has 0 saturated carbocycles. The van der Waals surface area contributed by atoms with Crippen LogP contribution >= 0.6 is 0 Å². The smallest absolute Gasteiger partial charge is 0.310 e. The van der Waals surface area contributed by atoms with Crippen molar-refractivity contribution in [2.75, 3.05) is 5.75 Å². The number of halogens is 3. The van der Waals surface area contributed by atoms with Gasteiger partial charge in [-0.2, -0.15) is 18.4 Å². The van der Waals surface area contributed by atoms with Gasteiger partial charge in [0.1, 0.15) is 11.2 Å². The van der Waals surface area contributed by atoms with Crippen LogP contribution in [0.3, 0.4) is 0 Å². The summed E-state index contributed by atoms with van der Waals surface area (Å²) in [5.41, 5.74) is 0.0418. The topological polar surface area (TPSA) is 102 Å². The number of hydrogen-bond donors (Lipinski definition) is 0. The Morgan fingerprint density at radius 1 is 1.21 bits per heavy atom. The molecule has 7 nitrogen and oxygen atoms in total.